The van der Waals surface area contributed by atoms with E-state index in [1.54, 1.807) is 6.07 Å². The van der Waals surface area contributed by atoms with Crippen molar-refractivity contribution in [1.29, 1.82) is 0 Å². The standard InChI is InChI=1S/C37H42ClN3O4.ClH/c1-22-6-3-4-8-29(22)30-10-12-32(35(42)40-37(36(43)44)26-17-23-16-24(19-26)20-27(37)18-23)39-34(30)25-9-11-31(38)33(21-25)45-15-13-28-7-5-14-41(28)2;/h3-4,6,8-12,21,23-24,26-28H,5,7,13-20H2,1-2H3,(H,40,42)(H,43,44);1H. The number of pyridine rings is 1. The highest BCUT2D eigenvalue weighted by atomic mass is 35.5. The van der Waals surface area contributed by atoms with Crippen LogP contribution in [0.2, 0.25) is 5.02 Å². The van der Waals surface area contributed by atoms with E-state index in [9.17, 15) is 14.7 Å². The summed E-state index contributed by atoms with van der Waals surface area (Å²) in [6, 6.07) is 17.9. The number of likely N-dealkylation sites (tertiary alicyclic amines) is 1. The molecule has 1 aliphatic heterocycles. The second-order valence-electron chi connectivity index (χ2n) is 13.9. The Bertz CT molecular complexity index is 1600. The Morgan fingerprint density at radius 2 is 1.74 bits per heavy atom. The molecule has 5 aliphatic rings. The quantitative estimate of drug-likeness (QED) is 0.244. The first-order valence-electron chi connectivity index (χ1n) is 16.5. The van der Waals surface area contributed by atoms with Gasteiger partial charge in [0.25, 0.3) is 5.91 Å². The van der Waals surface area contributed by atoms with Gasteiger partial charge in [0.1, 0.15) is 17.0 Å². The lowest BCUT2D eigenvalue weighted by Gasteiger charge is -2.59. The van der Waals surface area contributed by atoms with Gasteiger partial charge in [-0.2, -0.15) is 0 Å². The second kappa shape index (κ2) is 13.2. The van der Waals surface area contributed by atoms with Gasteiger partial charge in [-0.3, -0.25) is 4.79 Å². The van der Waals surface area contributed by atoms with Gasteiger partial charge in [0.2, 0.25) is 0 Å². The van der Waals surface area contributed by atoms with E-state index in [1.807, 2.05) is 36.4 Å². The van der Waals surface area contributed by atoms with Crippen molar-refractivity contribution in [2.45, 2.75) is 69.9 Å². The molecule has 2 aromatic carbocycles. The summed E-state index contributed by atoms with van der Waals surface area (Å²) in [6.45, 7) is 3.73. The molecule has 4 aliphatic carbocycles. The van der Waals surface area contributed by atoms with Crippen LogP contribution in [0.1, 0.15) is 67.4 Å². The molecule has 1 atom stereocenters. The number of amides is 1. The molecule has 7 nitrogen and oxygen atoms in total. The Morgan fingerprint density at radius 3 is 2.39 bits per heavy atom. The Morgan fingerprint density at radius 1 is 1.02 bits per heavy atom. The Labute approximate surface area is 282 Å². The number of aliphatic carboxylic acids is 1. The summed E-state index contributed by atoms with van der Waals surface area (Å²) in [4.78, 5) is 34.2. The zero-order valence-corrected chi connectivity index (χ0v) is 28.1. The third-order valence-corrected chi connectivity index (χ3v) is 11.6. The zero-order valence-electron chi connectivity index (χ0n) is 26.5. The first-order chi connectivity index (χ1) is 21.7. The van der Waals surface area contributed by atoms with Crippen molar-refractivity contribution in [1.82, 2.24) is 15.2 Å². The Hall–Kier alpha value is -3.13. The van der Waals surface area contributed by atoms with Crippen molar-refractivity contribution in [3.05, 3.63) is 70.9 Å². The topological polar surface area (TPSA) is 91.8 Å². The maximum absolute atomic E-state index is 14.0. The van der Waals surface area contributed by atoms with E-state index in [-0.39, 0.29) is 29.9 Å². The highest BCUT2D eigenvalue weighted by Gasteiger charge is 2.62. The first kappa shape index (κ1) is 32.8. The van der Waals surface area contributed by atoms with E-state index in [4.69, 9.17) is 21.3 Å². The molecule has 46 heavy (non-hydrogen) atoms. The zero-order chi connectivity index (χ0) is 31.3. The van der Waals surface area contributed by atoms with Gasteiger partial charge in [-0.15, -0.1) is 12.4 Å². The van der Waals surface area contributed by atoms with Gasteiger partial charge >= 0.3 is 5.97 Å². The fourth-order valence-corrected chi connectivity index (χ4v) is 9.27. The number of carbonyl (C=O) groups excluding carboxylic acids is 1. The molecule has 2 heterocycles. The minimum Gasteiger partial charge on any atom is -0.492 e. The Balaban J connectivity index is 0.00000372. The molecule has 8 rings (SSSR count). The van der Waals surface area contributed by atoms with E-state index >= 15 is 0 Å². The molecule has 1 unspecified atom stereocenters. The van der Waals surface area contributed by atoms with Crippen LogP contribution in [-0.2, 0) is 4.79 Å². The SMILES string of the molecule is Cc1ccccc1-c1ccc(C(=O)NC2(C(=O)O)C3CC4CC(C3)CC2C4)nc1-c1ccc(Cl)c(OCCC2CCCN2C)c1.Cl. The average Bonchev–Trinajstić information content (AvgIpc) is 3.43. The maximum atomic E-state index is 14.0. The summed E-state index contributed by atoms with van der Waals surface area (Å²) in [7, 11) is 2.16. The van der Waals surface area contributed by atoms with Gasteiger partial charge in [0.05, 0.1) is 17.3 Å². The molecule has 5 fully saturated rings. The number of rotatable bonds is 9. The number of carboxylic acid groups (broad SMARTS) is 1. The number of carbonyl (C=O) groups is 2. The summed E-state index contributed by atoms with van der Waals surface area (Å²) >= 11 is 6.61. The third-order valence-electron chi connectivity index (χ3n) is 11.2. The molecule has 0 radical (unpaired) electrons. The third kappa shape index (κ3) is 5.91. The summed E-state index contributed by atoms with van der Waals surface area (Å²) in [6.07, 6.45) is 8.00. The number of hydrogen-bond acceptors (Lipinski definition) is 5. The van der Waals surface area contributed by atoms with E-state index in [2.05, 4.69) is 36.3 Å². The molecular formula is C37H43Cl2N3O4. The van der Waals surface area contributed by atoms with Crippen LogP contribution in [0.3, 0.4) is 0 Å². The van der Waals surface area contributed by atoms with Crippen molar-refractivity contribution in [2.24, 2.45) is 23.7 Å². The van der Waals surface area contributed by atoms with Crippen molar-refractivity contribution in [3.8, 4) is 28.1 Å². The molecule has 244 valence electrons. The summed E-state index contributed by atoms with van der Waals surface area (Å²) < 4.78 is 6.22. The van der Waals surface area contributed by atoms with E-state index in [0.29, 0.717) is 41.0 Å². The van der Waals surface area contributed by atoms with Crippen LogP contribution in [0.25, 0.3) is 22.4 Å². The lowest BCUT2D eigenvalue weighted by molar-refractivity contribution is -0.163. The van der Waals surface area contributed by atoms with Gasteiger partial charge in [0, 0.05) is 17.2 Å². The number of nitrogens with one attached hydrogen (secondary N) is 1. The Kier molecular flexibility index (Phi) is 9.39. The number of ether oxygens (including phenoxy) is 1. The van der Waals surface area contributed by atoms with Crippen LogP contribution < -0.4 is 10.1 Å². The van der Waals surface area contributed by atoms with Crippen molar-refractivity contribution in [2.75, 3.05) is 20.2 Å². The maximum Gasteiger partial charge on any atom is 0.330 e. The molecular weight excluding hydrogens is 621 g/mol. The van der Waals surface area contributed by atoms with Crippen LogP contribution in [0, 0.1) is 30.6 Å². The summed E-state index contributed by atoms with van der Waals surface area (Å²) in [5, 5.41) is 14.2. The van der Waals surface area contributed by atoms with Crippen LogP contribution in [-0.4, -0.2) is 58.6 Å². The molecule has 4 saturated carbocycles. The minimum absolute atomic E-state index is 0. The predicted molar refractivity (Wildman–Crippen MR) is 183 cm³/mol. The molecule has 4 bridgehead atoms. The monoisotopic (exact) mass is 663 g/mol. The number of aryl methyl sites for hydroxylation is 1. The number of aromatic nitrogens is 1. The lowest BCUT2D eigenvalue weighted by Crippen LogP contribution is -2.70. The average molecular weight is 665 g/mol. The highest BCUT2D eigenvalue weighted by molar-refractivity contribution is 6.32. The summed E-state index contributed by atoms with van der Waals surface area (Å²) in [5.74, 6) is 0.312. The van der Waals surface area contributed by atoms with E-state index in [0.717, 1.165) is 60.9 Å². The fraction of sp³-hybridized carbons (Fsp3) is 0.486. The van der Waals surface area contributed by atoms with Gasteiger partial charge in [0.15, 0.2) is 0 Å². The largest absolute Gasteiger partial charge is 0.492 e. The van der Waals surface area contributed by atoms with Crippen LogP contribution >= 0.6 is 24.0 Å². The molecule has 3 aromatic rings. The molecule has 1 amide bonds. The molecule has 9 heteroatoms. The molecule has 1 aromatic heterocycles. The number of halogens is 2. The first-order valence-corrected chi connectivity index (χ1v) is 16.9. The lowest BCUT2D eigenvalue weighted by atomic mass is 9.48. The molecule has 1 saturated heterocycles. The van der Waals surface area contributed by atoms with Gasteiger partial charge in [-0.05, 0) is 131 Å². The minimum atomic E-state index is -1.24. The van der Waals surface area contributed by atoms with Crippen LogP contribution in [0.15, 0.2) is 54.6 Å². The van der Waals surface area contributed by atoms with Gasteiger partial charge in [-0.1, -0.05) is 41.9 Å². The number of hydrogen-bond donors (Lipinski definition) is 2. The number of carboxylic acids is 1. The highest BCUT2D eigenvalue weighted by Crippen LogP contribution is 2.58. The van der Waals surface area contributed by atoms with E-state index in [1.165, 1.54) is 19.3 Å². The summed E-state index contributed by atoms with van der Waals surface area (Å²) in [5.41, 5.74) is 3.35. The van der Waals surface area contributed by atoms with Crippen LogP contribution in [0.5, 0.6) is 5.75 Å². The second-order valence-corrected chi connectivity index (χ2v) is 14.3. The molecule has 0 spiro atoms. The smallest absolute Gasteiger partial charge is 0.330 e. The fourth-order valence-electron chi connectivity index (χ4n) is 9.09. The van der Waals surface area contributed by atoms with Crippen molar-refractivity contribution in [3.63, 3.8) is 0 Å². The van der Waals surface area contributed by atoms with Gasteiger partial charge in [-0.25, -0.2) is 9.78 Å². The number of benzene rings is 2. The van der Waals surface area contributed by atoms with Crippen molar-refractivity contribution >= 4 is 35.9 Å². The normalized spacial score (nSPS) is 28.1. The van der Waals surface area contributed by atoms with Gasteiger partial charge < -0.3 is 20.1 Å². The van der Waals surface area contributed by atoms with Crippen LogP contribution in [0.4, 0.5) is 0 Å². The number of nitrogens with zero attached hydrogens (tertiary/aromatic N) is 2. The molecule has 2 N–H and O–H groups in total. The van der Waals surface area contributed by atoms with Crippen molar-refractivity contribution < 1.29 is 19.4 Å². The van der Waals surface area contributed by atoms with E-state index < -0.39 is 17.4 Å². The predicted octanol–water partition coefficient (Wildman–Crippen LogP) is 7.67.